The molecule has 0 unspecified atom stereocenters. The first-order valence-electron chi connectivity index (χ1n) is 4.72. The fourth-order valence-electron chi connectivity index (χ4n) is 1.04. The van der Waals surface area contributed by atoms with Crippen molar-refractivity contribution < 1.29 is 17.9 Å². The van der Waals surface area contributed by atoms with Gasteiger partial charge >= 0.3 is 6.09 Å². The molecule has 0 saturated carbocycles. The minimum atomic E-state index is -3.21. The van der Waals surface area contributed by atoms with Crippen molar-refractivity contribution in [2.45, 2.75) is 11.8 Å². The zero-order chi connectivity index (χ0) is 12.2. The lowest BCUT2D eigenvalue weighted by Gasteiger charge is -2.04. The van der Waals surface area contributed by atoms with Crippen molar-refractivity contribution in [2.24, 2.45) is 0 Å². The molecule has 1 rings (SSSR count). The third-order valence-electron chi connectivity index (χ3n) is 1.98. The Kier molecular flexibility index (Phi) is 3.89. The van der Waals surface area contributed by atoms with Crippen LogP contribution in [0.3, 0.4) is 0 Å². The van der Waals surface area contributed by atoms with Gasteiger partial charge in [0.2, 0.25) is 0 Å². The molecule has 1 N–H and O–H groups in total. The molecule has 16 heavy (non-hydrogen) atoms. The first kappa shape index (κ1) is 12.5. The zero-order valence-electron chi connectivity index (χ0n) is 9.06. The molecule has 0 fully saturated rings. The van der Waals surface area contributed by atoms with Crippen molar-refractivity contribution in [1.82, 2.24) is 5.32 Å². The molecule has 1 aromatic rings. The normalized spacial score (nSPS) is 10.9. The lowest BCUT2D eigenvalue weighted by atomic mass is 10.3. The Labute approximate surface area is 94.3 Å². The number of nitrogens with one attached hydrogen (secondary N) is 1. The SMILES string of the molecule is CCS(=O)(=O)c1ccc(OC(=O)NC)cc1. The molecular formula is C10H13NO4S. The maximum absolute atomic E-state index is 11.5. The molecule has 1 aromatic carbocycles. The topological polar surface area (TPSA) is 72.5 Å². The van der Waals surface area contributed by atoms with Crippen molar-refractivity contribution in [3.8, 4) is 5.75 Å². The van der Waals surface area contributed by atoms with Crippen molar-refractivity contribution in [3.05, 3.63) is 24.3 Å². The predicted octanol–water partition coefficient (Wildman–Crippen LogP) is 1.20. The number of hydrogen-bond donors (Lipinski definition) is 1. The van der Waals surface area contributed by atoms with Crippen LogP contribution in [0.5, 0.6) is 5.75 Å². The van der Waals surface area contributed by atoms with Crippen LogP contribution in [0.2, 0.25) is 0 Å². The highest BCUT2D eigenvalue weighted by Crippen LogP contribution is 2.16. The van der Waals surface area contributed by atoms with Crippen molar-refractivity contribution in [1.29, 1.82) is 0 Å². The van der Waals surface area contributed by atoms with Gasteiger partial charge in [0.25, 0.3) is 0 Å². The summed E-state index contributed by atoms with van der Waals surface area (Å²) in [5.74, 6) is 0.345. The van der Waals surface area contributed by atoms with Gasteiger partial charge in [-0.3, -0.25) is 0 Å². The quantitative estimate of drug-likeness (QED) is 0.865. The van der Waals surface area contributed by atoms with Crippen LogP contribution in [0.1, 0.15) is 6.92 Å². The molecule has 0 aliphatic carbocycles. The average molecular weight is 243 g/mol. The lowest BCUT2D eigenvalue weighted by molar-refractivity contribution is 0.203. The standard InChI is InChI=1S/C10H13NO4S/c1-3-16(13,14)9-6-4-8(5-7-9)15-10(12)11-2/h4-7H,3H2,1-2H3,(H,11,12). The maximum Gasteiger partial charge on any atom is 0.412 e. The molecule has 0 aliphatic rings. The Morgan fingerprint density at radius 3 is 2.31 bits per heavy atom. The average Bonchev–Trinajstić information content (AvgIpc) is 2.29. The van der Waals surface area contributed by atoms with E-state index in [2.05, 4.69) is 5.32 Å². The molecular weight excluding hydrogens is 230 g/mol. The fraction of sp³-hybridized carbons (Fsp3) is 0.300. The molecule has 5 nitrogen and oxygen atoms in total. The second-order valence-corrected chi connectivity index (χ2v) is 5.29. The molecule has 6 heteroatoms. The highest BCUT2D eigenvalue weighted by Gasteiger charge is 2.11. The summed E-state index contributed by atoms with van der Waals surface area (Å²) in [6.45, 7) is 1.57. The van der Waals surface area contributed by atoms with Crippen molar-refractivity contribution in [3.63, 3.8) is 0 Å². The van der Waals surface area contributed by atoms with E-state index in [1.807, 2.05) is 0 Å². The minimum Gasteiger partial charge on any atom is -0.410 e. The van der Waals surface area contributed by atoms with E-state index in [0.717, 1.165) is 0 Å². The van der Waals surface area contributed by atoms with Crippen LogP contribution < -0.4 is 10.1 Å². The molecule has 0 aromatic heterocycles. The van der Waals surface area contributed by atoms with E-state index in [4.69, 9.17) is 4.74 Å². The first-order chi connectivity index (χ1) is 7.49. The third kappa shape index (κ3) is 2.96. The van der Waals surface area contributed by atoms with Crippen LogP contribution in [0.25, 0.3) is 0 Å². The number of rotatable bonds is 3. The van der Waals surface area contributed by atoms with E-state index < -0.39 is 15.9 Å². The Morgan fingerprint density at radius 2 is 1.88 bits per heavy atom. The van der Waals surface area contributed by atoms with Gasteiger partial charge in [0, 0.05) is 7.05 Å². The Morgan fingerprint density at radius 1 is 1.31 bits per heavy atom. The Balaban J connectivity index is 2.88. The van der Waals surface area contributed by atoms with E-state index in [0.29, 0.717) is 5.75 Å². The van der Waals surface area contributed by atoms with Crippen LogP contribution in [-0.2, 0) is 9.84 Å². The van der Waals surface area contributed by atoms with Crippen LogP contribution in [0, 0.1) is 0 Å². The summed E-state index contributed by atoms with van der Waals surface area (Å²) in [6.07, 6.45) is -0.592. The van der Waals surface area contributed by atoms with E-state index in [1.54, 1.807) is 6.92 Å². The van der Waals surface area contributed by atoms with Gasteiger partial charge in [-0.05, 0) is 24.3 Å². The minimum absolute atomic E-state index is 0.0443. The van der Waals surface area contributed by atoms with Crippen molar-refractivity contribution >= 4 is 15.9 Å². The number of carbonyl (C=O) groups is 1. The van der Waals surface area contributed by atoms with Gasteiger partial charge in [-0.2, -0.15) is 0 Å². The summed E-state index contributed by atoms with van der Waals surface area (Å²) in [7, 11) is -1.76. The second-order valence-electron chi connectivity index (χ2n) is 3.01. The largest absolute Gasteiger partial charge is 0.412 e. The van der Waals surface area contributed by atoms with Gasteiger partial charge in [-0.1, -0.05) is 6.92 Å². The maximum atomic E-state index is 11.5. The summed E-state index contributed by atoms with van der Waals surface area (Å²) in [4.78, 5) is 11.1. The molecule has 0 spiro atoms. The third-order valence-corrected chi connectivity index (χ3v) is 3.73. The monoisotopic (exact) mass is 243 g/mol. The molecule has 0 atom stereocenters. The van der Waals surface area contributed by atoms with Crippen LogP contribution >= 0.6 is 0 Å². The summed E-state index contributed by atoms with van der Waals surface area (Å²) < 4.78 is 27.8. The number of ether oxygens (including phenoxy) is 1. The Hall–Kier alpha value is -1.56. The van der Waals surface area contributed by atoms with Crippen LogP contribution in [0.4, 0.5) is 4.79 Å². The molecule has 0 bridgehead atoms. The highest BCUT2D eigenvalue weighted by atomic mass is 32.2. The van der Waals surface area contributed by atoms with Gasteiger partial charge in [0.1, 0.15) is 5.75 Å². The summed E-state index contributed by atoms with van der Waals surface area (Å²) in [5, 5.41) is 2.29. The van der Waals surface area contributed by atoms with Gasteiger partial charge in [-0.15, -0.1) is 0 Å². The summed E-state index contributed by atoms with van der Waals surface area (Å²) >= 11 is 0. The number of sulfone groups is 1. The summed E-state index contributed by atoms with van der Waals surface area (Å²) in [5.41, 5.74) is 0. The number of hydrogen-bond acceptors (Lipinski definition) is 4. The van der Waals surface area contributed by atoms with E-state index in [9.17, 15) is 13.2 Å². The highest BCUT2D eigenvalue weighted by molar-refractivity contribution is 7.91. The summed E-state index contributed by atoms with van der Waals surface area (Å²) in [6, 6.07) is 5.71. The molecule has 0 heterocycles. The zero-order valence-corrected chi connectivity index (χ0v) is 9.87. The Bertz CT molecular complexity index is 464. The molecule has 1 amide bonds. The number of carbonyl (C=O) groups excluding carboxylic acids is 1. The number of benzene rings is 1. The number of amides is 1. The van der Waals surface area contributed by atoms with Crippen molar-refractivity contribution in [2.75, 3.05) is 12.8 Å². The smallest absolute Gasteiger partial charge is 0.410 e. The predicted molar refractivity (Wildman–Crippen MR) is 59.3 cm³/mol. The van der Waals surface area contributed by atoms with E-state index in [-0.39, 0.29) is 10.6 Å². The molecule has 88 valence electrons. The molecule has 0 saturated heterocycles. The first-order valence-corrected chi connectivity index (χ1v) is 6.37. The van der Waals surface area contributed by atoms with Gasteiger partial charge < -0.3 is 10.1 Å². The van der Waals surface area contributed by atoms with E-state index in [1.165, 1.54) is 31.3 Å². The second kappa shape index (κ2) is 4.98. The lowest BCUT2D eigenvalue weighted by Crippen LogP contribution is -2.22. The van der Waals surface area contributed by atoms with Crippen LogP contribution in [-0.4, -0.2) is 27.3 Å². The van der Waals surface area contributed by atoms with Gasteiger partial charge in [0.05, 0.1) is 10.6 Å². The molecule has 0 aliphatic heterocycles. The van der Waals surface area contributed by atoms with Gasteiger partial charge in [0.15, 0.2) is 9.84 Å². The fourth-order valence-corrected chi connectivity index (χ4v) is 1.92. The van der Waals surface area contributed by atoms with Gasteiger partial charge in [-0.25, -0.2) is 13.2 Å². The molecule has 0 radical (unpaired) electrons. The van der Waals surface area contributed by atoms with Crippen LogP contribution in [0.15, 0.2) is 29.2 Å². The van der Waals surface area contributed by atoms with E-state index >= 15 is 0 Å².